The van der Waals surface area contributed by atoms with Crippen molar-refractivity contribution in [2.45, 2.75) is 6.42 Å². The van der Waals surface area contributed by atoms with Crippen LogP contribution in [0.5, 0.6) is 0 Å². The lowest BCUT2D eigenvalue weighted by Gasteiger charge is -2.06. The highest BCUT2D eigenvalue weighted by atomic mass is 16.1. The number of carbonyl (C=O) groups is 1. The van der Waals surface area contributed by atoms with Gasteiger partial charge in [-0.25, -0.2) is 0 Å². The SMILES string of the molecule is N#CCC(=O)Nc1ccc2cc3ccccc3cc2c1. The minimum absolute atomic E-state index is 0.129. The van der Waals surface area contributed by atoms with E-state index in [2.05, 4.69) is 29.6 Å². The van der Waals surface area contributed by atoms with Crippen LogP contribution in [0.25, 0.3) is 21.5 Å². The van der Waals surface area contributed by atoms with Crippen molar-refractivity contribution in [1.29, 1.82) is 5.26 Å². The quantitative estimate of drug-likeness (QED) is 0.711. The van der Waals surface area contributed by atoms with Gasteiger partial charge >= 0.3 is 0 Å². The highest BCUT2D eigenvalue weighted by Gasteiger charge is 2.03. The average molecular weight is 260 g/mol. The maximum atomic E-state index is 11.4. The van der Waals surface area contributed by atoms with E-state index in [0.29, 0.717) is 5.69 Å². The third-order valence-corrected chi connectivity index (χ3v) is 3.23. The molecule has 0 atom stereocenters. The fourth-order valence-corrected chi connectivity index (χ4v) is 2.29. The third-order valence-electron chi connectivity index (χ3n) is 3.23. The molecule has 0 saturated heterocycles. The van der Waals surface area contributed by atoms with Crippen LogP contribution in [0.1, 0.15) is 6.42 Å². The summed E-state index contributed by atoms with van der Waals surface area (Å²) in [4.78, 5) is 11.4. The van der Waals surface area contributed by atoms with Gasteiger partial charge in [0.2, 0.25) is 5.91 Å². The molecule has 96 valence electrons. The van der Waals surface area contributed by atoms with Crippen LogP contribution in [0, 0.1) is 11.3 Å². The lowest BCUT2D eigenvalue weighted by atomic mass is 10.0. The van der Waals surface area contributed by atoms with Gasteiger partial charge in [-0.05, 0) is 45.8 Å². The number of hydrogen-bond acceptors (Lipinski definition) is 2. The molecule has 1 amide bonds. The summed E-state index contributed by atoms with van der Waals surface area (Å²) >= 11 is 0. The summed E-state index contributed by atoms with van der Waals surface area (Å²) in [5.41, 5.74) is 0.716. The molecule has 0 saturated carbocycles. The van der Waals surface area contributed by atoms with Gasteiger partial charge in [0, 0.05) is 5.69 Å². The summed E-state index contributed by atoms with van der Waals surface area (Å²) in [6, 6.07) is 20.0. The van der Waals surface area contributed by atoms with Crippen LogP contribution in [0.2, 0.25) is 0 Å². The van der Waals surface area contributed by atoms with Gasteiger partial charge in [-0.2, -0.15) is 5.26 Å². The number of amides is 1. The van der Waals surface area contributed by atoms with Gasteiger partial charge in [0.1, 0.15) is 6.42 Å². The number of anilines is 1. The zero-order valence-corrected chi connectivity index (χ0v) is 10.8. The van der Waals surface area contributed by atoms with Gasteiger partial charge in [-0.3, -0.25) is 4.79 Å². The Morgan fingerprint density at radius 2 is 1.60 bits per heavy atom. The van der Waals surface area contributed by atoms with Gasteiger partial charge in [-0.15, -0.1) is 0 Å². The molecule has 0 bridgehead atoms. The molecule has 20 heavy (non-hydrogen) atoms. The van der Waals surface area contributed by atoms with Crippen molar-refractivity contribution in [2.24, 2.45) is 0 Å². The van der Waals surface area contributed by atoms with Crippen LogP contribution in [0.3, 0.4) is 0 Å². The Bertz CT molecular complexity index is 846. The molecule has 0 aliphatic rings. The van der Waals surface area contributed by atoms with Crippen molar-refractivity contribution >= 4 is 33.1 Å². The maximum absolute atomic E-state index is 11.4. The summed E-state index contributed by atoms with van der Waals surface area (Å²) in [5, 5.41) is 15.8. The van der Waals surface area contributed by atoms with Crippen LogP contribution in [-0.4, -0.2) is 5.91 Å². The molecule has 3 heteroatoms. The molecule has 0 unspecified atom stereocenters. The van der Waals surface area contributed by atoms with Gasteiger partial charge in [-0.1, -0.05) is 30.3 Å². The van der Waals surface area contributed by atoms with Gasteiger partial charge in [0.25, 0.3) is 0 Å². The van der Waals surface area contributed by atoms with E-state index in [4.69, 9.17) is 5.26 Å². The number of benzene rings is 3. The van der Waals surface area contributed by atoms with Crippen molar-refractivity contribution in [3.63, 3.8) is 0 Å². The van der Waals surface area contributed by atoms with Crippen LogP contribution in [0.15, 0.2) is 54.6 Å². The summed E-state index contributed by atoms with van der Waals surface area (Å²) in [7, 11) is 0. The highest BCUT2D eigenvalue weighted by molar-refractivity contribution is 6.01. The molecule has 0 radical (unpaired) electrons. The molecule has 0 aliphatic carbocycles. The summed E-state index contributed by atoms with van der Waals surface area (Å²) in [6.07, 6.45) is -0.129. The first-order valence-corrected chi connectivity index (χ1v) is 6.35. The molecule has 3 nitrogen and oxygen atoms in total. The lowest BCUT2D eigenvalue weighted by Crippen LogP contribution is -2.09. The minimum atomic E-state index is -0.285. The lowest BCUT2D eigenvalue weighted by molar-refractivity contribution is -0.115. The maximum Gasteiger partial charge on any atom is 0.238 e. The second kappa shape index (κ2) is 5.02. The normalized spacial score (nSPS) is 10.3. The Kier molecular flexibility index (Phi) is 3.06. The number of nitriles is 1. The zero-order chi connectivity index (χ0) is 13.9. The van der Waals surface area contributed by atoms with Crippen molar-refractivity contribution in [2.75, 3.05) is 5.32 Å². The van der Waals surface area contributed by atoms with Gasteiger partial charge < -0.3 is 5.32 Å². The van der Waals surface area contributed by atoms with Crippen molar-refractivity contribution in [1.82, 2.24) is 0 Å². The van der Waals surface area contributed by atoms with E-state index in [1.54, 1.807) is 0 Å². The smallest absolute Gasteiger partial charge is 0.238 e. The molecule has 0 aromatic heterocycles. The predicted octanol–water partition coefficient (Wildman–Crippen LogP) is 3.85. The Morgan fingerprint density at radius 3 is 2.30 bits per heavy atom. The summed E-state index contributed by atoms with van der Waals surface area (Å²) < 4.78 is 0. The van der Waals surface area contributed by atoms with E-state index in [0.717, 1.165) is 10.8 Å². The van der Waals surface area contributed by atoms with Crippen LogP contribution in [-0.2, 0) is 4.79 Å². The Balaban J connectivity index is 2.04. The standard InChI is InChI=1S/C17H12N2O/c18-8-7-17(20)19-16-6-5-14-9-12-3-1-2-4-13(12)10-15(14)11-16/h1-6,9-11H,7H2,(H,19,20). The van der Waals surface area contributed by atoms with Crippen molar-refractivity contribution in [3.8, 4) is 6.07 Å². The van der Waals surface area contributed by atoms with Gasteiger partial charge in [0.05, 0.1) is 6.07 Å². The van der Waals surface area contributed by atoms with Crippen LogP contribution < -0.4 is 5.32 Å². The fourth-order valence-electron chi connectivity index (χ4n) is 2.29. The minimum Gasteiger partial charge on any atom is -0.325 e. The Morgan fingerprint density at radius 1 is 0.950 bits per heavy atom. The number of fused-ring (bicyclic) bond motifs is 2. The first-order valence-electron chi connectivity index (χ1n) is 6.35. The molecule has 0 heterocycles. The molecule has 0 spiro atoms. The fraction of sp³-hybridized carbons (Fsp3) is 0.0588. The highest BCUT2D eigenvalue weighted by Crippen LogP contribution is 2.25. The molecule has 3 aromatic carbocycles. The topological polar surface area (TPSA) is 52.9 Å². The molecular formula is C17H12N2O. The first-order chi connectivity index (χ1) is 9.76. The Hall–Kier alpha value is -2.86. The van der Waals surface area contributed by atoms with E-state index in [1.165, 1.54) is 10.8 Å². The number of nitrogens with one attached hydrogen (secondary N) is 1. The van der Waals surface area contributed by atoms with E-state index in [1.807, 2.05) is 36.4 Å². The van der Waals surface area contributed by atoms with Crippen LogP contribution >= 0.6 is 0 Å². The van der Waals surface area contributed by atoms with Crippen molar-refractivity contribution in [3.05, 3.63) is 54.6 Å². The third kappa shape index (κ3) is 2.32. The van der Waals surface area contributed by atoms with Crippen LogP contribution in [0.4, 0.5) is 5.69 Å². The molecule has 3 rings (SSSR count). The molecule has 3 aromatic rings. The van der Waals surface area contributed by atoms with E-state index in [9.17, 15) is 4.79 Å². The number of carbonyl (C=O) groups excluding carboxylic acids is 1. The Labute approximate surface area is 116 Å². The molecule has 1 N–H and O–H groups in total. The average Bonchev–Trinajstić information content (AvgIpc) is 2.45. The van der Waals surface area contributed by atoms with E-state index < -0.39 is 0 Å². The summed E-state index contributed by atoms with van der Waals surface area (Å²) in [6.45, 7) is 0. The largest absolute Gasteiger partial charge is 0.325 e. The second-order valence-corrected chi connectivity index (χ2v) is 4.64. The monoisotopic (exact) mass is 260 g/mol. The summed E-state index contributed by atoms with van der Waals surface area (Å²) in [5.74, 6) is -0.285. The first kappa shape index (κ1) is 12.2. The van der Waals surface area contributed by atoms with E-state index >= 15 is 0 Å². The second-order valence-electron chi connectivity index (χ2n) is 4.64. The number of rotatable bonds is 2. The van der Waals surface area contributed by atoms with Crippen molar-refractivity contribution < 1.29 is 4.79 Å². The number of hydrogen-bond donors (Lipinski definition) is 1. The van der Waals surface area contributed by atoms with Gasteiger partial charge in [0.15, 0.2) is 0 Å². The zero-order valence-electron chi connectivity index (χ0n) is 10.8. The molecular weight excluding hydrogens is 248 g/mol. The molecule has 0 aliphatic heterocycles. The number of nitrogens with zero attached hydrogens (tertiary/aromatic N) is 1. The predicted molar refractivity (Wildman–Crippen MR) is 80.3 cm³/mol. The molecule has 0 fully saturated rings. The van der Waals surface area contributed by atoms with E-state index in [-0.39, 0.29) is 12.3 Å².